The van der Waals surface area contributed by atoms with Crippen molar-refractivity contribution in [1.29, 1.82) is 0 Å². The first-order chi connectivity index (χ1) is 64.9. The third-order valence-corrected chi connectivity index (χ3v) is 26.1. The van der Waals surface area contributed by atoms with Crippen LogP contribution in [0.3, 0.4) is 0 Å². The second kappa shape index (κ2) is 57.5. The van der Waals surface area contributed by atoms with Crippen LogP contribution < -0.4 is 91.6 Å². The van der Waals surface area contributed by atoms with E-state index in [1.807, 2.05) is 0 Å². The van der Waals surface area contributed by atoms with Crippen molar-refractivity contribution >= 4 is 169 Å². The maximum Gasteiger partial charge on any atom is 0.327 e. The average molecular weight is 2020 g/mol. The van der Waals surface area contributed by atoms with Gasteiger partial charge in [0.15, 0.2) is 0 Å². The van der Waals surface area contributed by atoms with Gasteiger partial charge in [0, 0.05) is 50.3 Å². The number of rotatable bonds is 28. The fourth-order valence-electron chi connectivity index (χ4n) is 15.0. The van der Waals surface area contributed by atoms with Gasteiger partial charge in [-0.3, -0.25) is 95.9 Å². The molecular weight excluding hydrogens is 1890 g/mol. The van der Waals surface area contributed by atoms with Gasteiger partial charge < -0.3 is 137 Å². The summed E-state index contributed by atoms with van der Waals surface area (Å²) >= 11 is 2.44. The number of thioether (sulfide) groups is 2. The number of hydrogen-bond acceptors (Lipinski definition) is 30. The fraction of sp³-hybridized carbons (Fsp3) is 0.621. The number of nitrogens with one attached hydrogen (secondary N) is 14. The number of hydrogen-bond donors (Lipinski definition) is 24. The van der Waals surface area contributed by atoms with Crippen LogP contribution in [0, 0.1) is 17.8 Å². The van der Waals surface area contributed by atoms with Gasteiger partial charge >= 0.3 is 17.9 Å². The number of benzene rings is 2. The Hall–Kier alpha value is -11.8. The number of phenolic OH excluding ortho intramolecular Hbond substituents is 2. The first-order valence-corrected chi connectivity index (χ1v) is 50.2. The molecule has 0 spiro atoms. The number of nitrogens with two attached hydrogens (primary N) is 3. The van der Waals surface area contributed by atoms with Gasteiger partial charge in [0.2, 0.25) is 106 Å². The molecule has 27 N–H and O–H groups in total. The maximum absolute atomic E-state index is 14.9. The van der Waals surface area contributed by atoms with Crippen molar-refractivity contribution in [2.45, 2.75) is 273 Å². The number of aromatic hydroxyl groups is 2. The predicted octanol–water partition coefficient (Wildman–Crippen LogP) is -5.04. The summed E-state index contributed by atoms with van der Waals surface area (Å²) in [5.41, 5.74) is 18.1. The van der Waals surface area contributed by atoms with E-state index in [2.05, 4.69) is 74.4 Å². The molecule has 3 aliphatic rings. The highest BCUT2D eigenvalue weighted by Gasteiger charge is 2.46. The minimum absolute atomic E-state index is 0.0226. The molecule has 0 saturated carbocycles. The lowest BCUT2D eigenvalue weighted by atomic mass is 9.99. The highest BCUT2D eigenvalue weighted by Crippen LogP contribution is 2.27. The number of primary amides is 2. The van der Waals surface area contributed by atoms with Gasteiger partial charge in [-0.15, -0.1) is 0 Å². The summed E-state index contributed by atoms with van der Waals surface area (Å²) in [4.78, 5) is 298. The maximum atomic E-state index is 14.9. The summed E-state index contributed by atoms with van der Waals surface area (Å²) < 4.78 is 0. The topological polar surface area (TPSA) is 753 Å². The SMILES string of the molecule is CSCC[C@@H]1NC(=O)[C@H](CCC(N)=O)NC(=O)[C@H](Cc2ccc(O)cc2)NC(=O)[C@H]([C@@H](C)O)NC(=O)[C@H]([C@@H](C)O)NC(=O)[C@@H]2CCCN2C(=O)[C@H](CC(N)=O)NC(=O)[C@H](Cc2ccc(O)cc2)NC(=O)[C@H](CC(C)C)NC(=O)[C@H](CCSC)NC(=O)[C@H](CC(C)C)NC(=O)[C@@H](N)CSSC[C@@H](C(=O)O)NC(=O)[C@H](CCC(=O)O)NC(=O)[C@@H]2CCCN2C(=O)[C@H](C(C)C)NC(=O)[C@H](CC(=O)O)NC1=O. The number of carboxylic acid groups (broad SMARTS) is 3. The Kier molecular flexibility index (Phi) is 48.6. The Balaban J connectivity index is 1.60. The van der Waals surface area contributed by atoms with Crippen LogP contribution in [0.1, 0.15) is 156 Å². The van der Waals surface area contributed by atoms with Crippen molar-refractivity contribution in [2.24, 2.45) is 35.0 Å². The molecule has 2 aromatic rings. The summed E-state index contributed by atoms with van der Waals surface area (Å²) in [5, 5.41) is 108. The summed E-state index contributed by atoms with van der Waals surface area (Å²) in [6.45, 7) is 11.5. The highest BCUT2D eigenvalue weighted by molar-refractivity contribution is 8.76. The Morgan fingerprint density at radius 2 is 0.739 bits per heavy atom. The number of carbonyl (C=O) groups excluding carboxylic acids is 18. The zero-order valence-corrected chi connectivity index (χ0v) is 81.6. The smallest absolute Gasteiger partial charge is 0.327 e. The Labute approximate surface area is 813 Å². The second-order valence-corrected chi connectivity index (χ2v) is 39.5. The third kappa shape index (κ3) is 38.5. The Morgan fingerprint density at radius 3 is 1.16 bits per heavy atom. The molecule has 51 heteroatoms. The molecule has 3 saturated heterocycles. The van der Waals surface area contributed by atoms with Crippen molar-refractivity contribution in [3.8, 4) is 11.5 Å². The summed E-state index contributed by atoms with van der Waals surface area (Å²) in [6.07, 6.45) is -6.61. The van der Waals surface area contributed by atoms with Crippen LogP contribution in [0.15, 0.2) is 48.5 Å². The van der Waals surface area contributed by atoms with E-state index in [1.165, 1.54) is 74.1 Å². The van der Waals surface area contributed by atoms with Gasteiger partial charge in [-0.25, -0.2) is 4.79 Å². The van der Waals surface area contributed by atoms with Crippen molar-refractivity contribution in [3.05, 3.63) is 59.7 Å². The van der Waals surface area contributed by atoms with Crippen molar-refractivity contribution < 1.29 is 136 Å². The van der Waals surface area contributed by atoms with Crippen LogP contribution in [0.25, 0.3) is 0 Å². The number of nitrogens with zero attached hydrogens (tertiary/aromatic N) is 2. The molecule has 2 aromatic carbocycles. The number of aliphatic carboxylic acids is 3. The van der Waals surface area contributed by atoms with E-state index < -0.39 is 302 Å². The van der Waals surface area contributed by atoms with Crippen LogP contribution >= 0.6 is 45.1 Å². The largest absolute Gasteiger partial charge is 0.508 e. The van der Waals surface area contributed by atoms with Gasteiger partial charge in [-0.1, -0.05) is 87.4 Å². The molecule has 0 aliphatic carbocycles. The van der Waals surface area contributed by atoms with E-state index in [9.17, 15) is 136 Å². The number of phenols is 2. The molecule has 0 bridgehead atoms. The van der Waals surface area contributed by atoms with Gasteiger partial charge in [0.25, 0.3) is 0 Å². The molecule has 138 heavy (non-hydrogen) atoms. The van der Waals surface area contributed by atoms with E-state index in [-0.39, 0.29) is 111 Å². The Morgan fingerprint density at radius 1 is 0.391 bits per heavy atom. The van der Waals surface area contributed by atoms with Crippen molar-refractivity contribution in [2.75, 3.05) is 48.6 Å². The molecule has 5 rings (SSSR count). The average Bonchev–Trinajstić information content (AvgIpc) is 1.63. The molecule has 19 atom stereocenters. The zero-order chi connectivity index (χ0) is 103. The lowest BCUT2D eigenvalue weighted by Gasteiger charge is -2.32. The molecule has 766 valence electrons. The van der Waals surface area contributed by atoms with E-state index in [4.69, 9.17) is 17.2 Å². The number of carbonyl (C=O) groups is 21. The zero-order valence-electron chi connectivity index (χ0n) is 78.3. The van der Waals surface area contributed by atoms with Crippen molar-refractivity contribution in [1.82, 2.24) is 84.2 Å². The van der Waals surface area contributed by atoms with Crippen LogP contribution in [-0.4, -0.2) is 333 Å². The summed E-state index contributed by atoms with van der Waals surface area (Å²) in [5.74, 6) is -27.0. The van der Waals surface area contributed by atoms with Crippen LogP contribution in [0.5, 0.6) is 11.5 Å². The van der Waals surface area contributed by atoms with Crippen LogP contribution in [0.2, 0.25) is 0 Å². The van der Waals surface area contributed by atoms with Gasteiger partial charge in [-0.2, -0.15) is 23.5 Å². The van der Waals surface area contributed by atoms with Gasteiger partial charge in [-0.05, 0) is 155 Å². The molecular formula is C87H131N19O28S4. The molecule has 3 aliphatic heterocycles. The van der Waals surface area contributed by atoms with E-state index in [0.29, 0.717) is 5.56 Å². The molecule has 47 nitrogen and oxygen atoms in total. The summed E-state index contributed by atoms with van der Waals surface area (Å²) in [7, 11) is 1.69. The van der Waals surface area contributed by atoms with Gasteiger partial charge in [0.05, 0.1) is 31.1 Å². The lowest BCUT2D eigenvalue weighted by molar-refractivity contribution is -0.145. The first-order valence-electron chi connectivity index (χ1n) is 44.9. The predicted molar refractivity (Wildman–Crippen MR) is 505 cm³/mol. The fourth-order valence-corrected chi connectivity index (χ4v) is 18.2. The van der Waals surface area contributed by atoms with E-state index in [1.54, 1.807) is 40.2 Å². The van der Waals surface area contributed by atoms with Crippen LogP contribution in [0.4, 0.5) is 0 Å². The molecule has 0 radical (unpaired) electrons. The molecule has 3 heterocycles. The standard InChI is InChI=1S/C87H131N19O28S4/c1-41(2)33-55-76(122)93-54(28-32-136-10)74(120)96-56(34-42(3)4)77(123)97-57(35-46-15-19-48(109)20-16-46)79(125)100-60(37-65(90)112)85(131)105-29-11-14-63(105)82(128)103-70(45(8)108)84(130)104-69(44(7)107)83(129)99-58(36-47-17-21-49(110)22-18-47)78(124)91-51(23-25-64(89)111)72(118)92-53(27-31-135-9)75(121)98-59(38-67(115)116)80(126)102-68(43(5)6)86(132)106-30-12-13-62(106)81(127)94-52(24-26-66(113)114)73(119)101-61(87(133)134)40-138-137-39-50(88)71(117)95-55/h15-22,41-45,50-63,68-70,107-110H,11-14,23-40,88H2,1-10H3,(H2,89,111)(H2,90,112)(H,91,124)(H,92,118)(H,93,122)(H,94,127)(H,95,117)(H,96,120)(H,97,123)(H,98,121)(H,99,129)(H,100,125)(H,101,119)(H,102,126)(H,103,128)(H,104,130)(H,113,114)(H,115,116)(H,133,134)/t44-,45-,50+,51+,52+,53+,54+,55+,56+,57+,58+,59+,60+,61+,62+,63+,68+,69+,70+/m1/s1. The molecule has 18 amide bonds. The second-order valence-electron chi connectivity index (χ2n) is 35.0. The van der Waals surface area contributed by atoms with E-state index >= 15 is 0 Å². The number of amides is 18. The van der Waals surface area contributed by atoms with Gasteiger partial charge in [0.1, 0.15) is 108 Å². The number of aliphatic hydroxyl groups is 2. The third-order valence-electron chi connectivity index (χ3n) is 22.4. The molecule has 3 fully saturated rings. The van der Waals surface area contributed by atoms with Crippen LogP contribution in [-0.2, 0) is 114 Å². The lowest BCUT2D eigenvalue weighted by Crippen LogP contribution is -2.63. The van der Waals surface area contributed by atoms with Crippen molar-refractivity contribution in [3.63, 3.8) is 0 Å². The number of fused-ring (bicyclic) bond motifs is 2. The van der Waals surface area contributed by atoms with E-state index in [0.717, 1.165) is 57.0 Å². The minimum Gasteiger partial charge on any atom is -0.508 e. The normalized spacial score (nSPS) is 26.4. The number of aliphatic hydroxyl groups excluding tert-OH is 2. The molecule has 0 unspecified atom stereocenters. The minimum atomic E-state index is -2.10. The molecule has 0 aromatic heterocycles. The highest BCUT2D eigenvalue weighted by atomic mass is 33.1. The Bertz CT molecular complexity index is 4620. The quantitative estimate of drug-likeness (QED) is 0.0355. The number of carboxylic acids is 3. The summed E-state index contributed by atoms with van der Waals surface area (Å²) in [6, 6.07) is -18.7. The first kappa shape index (κ1) is 117. The monoisotopic (exact) mass is 2020 g/mol.